The summed E-state index contributed by atoms with van der Waals surface area (Å²) in [5.74, 6) is -0.810. The lowest BCUT2D eigenvalue weighted by molar-refractivity contribution is 0.0642. The summed E-state index contributed by atoms with van der Waals surface area (Å²) in [6.45, 7) is 5.25. The highest BCUT2D eigenvalue weighted by Crippen LogP contribution is 2.21. The zero-order chi connectivity index (χ0) is 15.4. The van der Waals surface area contributed by atoms with E-state index in [1.54, 1.807) is 11.9 Å². The van der Waals surface area contributed by atoms with Crippen molar-refractivity contribution < 1.29 is 9.18 Å². The van der Waals surface area contributed by atoms with Gasteiger partial charge in [-0.2, -0.15) is 0 Å². The Morgan fingerprint density at radius 2 is 2.19 bits per heavy atom. The number of carbonyl (C=O) groups is 1. The predicted octanol–water partition coefficient (Wildman–Crippen LogP) is 2.82. The Kier molecular flexibility index (Phi) is 5.53. The molecular formula is C15H21ClFN3O. The van der Waals surface area contributed by atoms with E-state index >= 15 is 0 Å². The van der Waals surface area contributed by atoms with Crippen molar-refractivity contribution in [1.82, 2.24) is 14.8 Å². The molecule has 21 heavy (non-hydrogen) atoms. The standard InChI is InChI=1S/C15H21ClFN3O/c1-3-6-20-7-4-12(5-8-20)19(2)15(21)13-9-11(17)10-18-14(13)16/h9-10,12H,3-8H2,1-2H3. The van der Waals surface area contributed by atoms with Crippen LogP contribution in [0.2, 0.25) is 5.15 Å². The minimum absolute atomic E-state index is 0.0525. The van der Waals surface area contributed by atoms with Gasteiger partial charge in [-0.15, -0.1) is 0 Å². The maximum absolute atomic E-state index is 13.3. The van der Waals surface area contributed by atoms with Gasteiger partial charge in [-0.25, -0.2) is 9.37 Å². The summed E-state index contributed by atoms with van der Waals surface area (Å²) in [5, 5.41) is 0.0525. The number of pyridine rings is 1. The number of aromatic nitrogens is 1. The number of likely N-dealkylation sites (tertiary alicyclic amines) is 1. The van der Waals surface area contributed by atoms with E-state index in [1.807, 2.05) is 0 Å². The number of amides is 1. The fourth-order valence-electron chi connectivity index (χ4n) is 2.77. The highest BCUT2D eigenvalue weighted by Gasteiger charge is 2.27. The third-order valence-corrected chi connectivity index (χ3v) is 4.30. The summed E-state index contributed by atoms with van der Waals surface area (Å²) < 4.78 is 13.3. The first-order valence-electron chi connectivity index (χ1n) is 7.33. The lowest BCUT2D eigenvalue weighted by atomic mass is 10.0. The minimum atomic E-state index is -0.547. The number of halogens is 2. The molecule has 0 N–H and O–H groups in total. The van der Waals surface area contributed by atoms with Crippen LogP contribution >= 0.6 is 11.6 Å². The van der Waals surface area contributed by atoms with Crippen molar-refractivity contribution in [2.45, 2.75) is 32.2 Å². The molecule has 1 aromatic rings. The molecule has 0 aliphatic carbocycles. The van der Waals surface area contributed by atoms with Gasteiger partial charge in [-0.1, -0.05) is 18.5 Å². The second-order valence-corrected chi connectivity index (χ2v) is 5.84. The molecule has 0 atom stereocenters. The Morgan fingerprint density at radius 3 is 2.81 bits per heavy atom. The van der Waals surface area contributed by atoms with E-state index < -0.39 is 5.82 Å². The smallest absolute Gasteiger partial charge is 0.257 e. The molecule has 1 aromatic heterocycles. The molecule has 0 unspecified atom stereocenters. The molecule has 0 aromatic carbocycles. The molecule has 1 amide bonds. The molecule has 2 rings (SSSR count). The van der Waals surface area contributed by atoms with Crippen LogP contribution in [0.3, 0.4) is 0 Å². The van der Waals surface area contributed by atoms with E-state index in [0.29, 0.717) is 0 Å². The molecule has 1 saturated heterocycles. The first-order chi connectivity index (χ1) is 10.0. The van der Waals surface area contributed by atoms with E-state index in [9.17, 15) is 9.18 Å². The molecule has 1 aliphatic rings. The van der Waals surface area contributed by atoms with Crippen LogP contribution in [0.5, 0.6) is 0 Å². The van der Waals surface area contributed by atoms with Crippen LogP contribution in [-0.2, 0) is 0 Å². The fourth-order valence-corrected chi connectivity index (χ4v) is 2.96. The molecular weight excluding hydrogens is 293 g/mol. The van der Waals surface area contributed by atoms with Crippen molar-refractivity contribution in [2.75, 3.05) is 26.7 Å². The molecule has 6 heteroatoms. The SMILES string of the molecule is CCCN1CCC(N(C)C(=O)c2cc(F)cnc2Cl)CC1. The lowest BCUT2D eigenvalue weighted by Gasteiger charge is -2.36. The third kappa shape index (κ3) is 3.92. The molecule has 0 bridgehead atoms. The van der Waals surface area contributed by atoms with Gasteiger partial charge in [0.05, 0.1) is 11.8 Å². The molecule has 1 fully saturated rings. The van der Waals surface area contributed by atoms with Crippen molar-refractivity contribution >= 4 is 17.5 Å². The van der Waals surface area contributed by atoms with Crippen molar-refractivity contribution in [3.05, 3.63) is 28.8 Å². The van der Waals surface area contributed by atoms with Crippen LogP contribution in [0.4, 0.5) is 4.39 Å². The highest BCUT2D eigenvalue weighted by molar-refractivity contribution is 6.32. The number of hydrogen-bond acceptors (Lipinski definition) is 3. The van der Waals surface area contributed by atoms with Gasteiger partial charge in [0.1, 0.15) is 11.0 Å². The van der Waals surface area contributed by atoms with E-state index in [-0.39, 0.29) is 22.7 Å². The van der Waals surface area contributed by atoms with Crippen molar-refractivity contribution in [3.63, 3.8) is 0 Å². The Hall–Kier alpha value is -1.20. The zero-order valence-electron chi connectivity index (χ0n) is 12.5. The number of carbonyl (C=O) groups excluding carboxylic acids is 1. The summed E-state index contributed by atoms with van der Waals surface area (Å²) in [6, 6.07) is 1.32. The van der Waals surface area contributed by atoms with Gasteiger partial charge in [0, 0.05) is 26.2 Å². The number of rotatable bonds is 4. The average molecular weight is 314 g/mol. The highest BCUT2D eigenvalue weighted by atomic mass is 35.5. The fraction of sp³-hybridized carbons (Fsp3) is 0.600. The van der Waals surface area contributed by atoms with Gasteiger partial charge in [-0.3, -0.25) is 4.79 Å². The number of hydrogen-bond donors (Lipinski definition) is 0. The second-order valence-electron chi connectivity index (χ2n) is 5.48. The second kappa shape index (κ2) is 7.18. The molecule has 0 saturated carbocycles. The Labute approximate surface area is 129 Å². The summed E-state index contributed by atoms with van der Waals surface area (Å²) in [4.78, 5) is 20.2. The molecule has 4 nitrogen and oxygen atoms in total. The van der Waals surface area contributed by atoms with E-state index in [4.69, 9.17) is 11.6 Å². The van der Waals surface area contributed by atoms with Gasteiger partial charge < -0.3 is 9.80 Å². The van der Waals surface area contributed by atoms with E-state index in [1.165, 1.54) is 0 Å². The van der Waals surface area contributed by atoms with E-state index in [0.717, 1.165) is 51.2 Å². The van der Waals surface area contributed by atoms with E-state index in [2.05, 4.69) is 16.8 Å². The van der Waals surface area contributed by atoms with Gasteiger partial charge >= 0.3 is 0 Å². The molecule has 116 valence electrons. The predicted molar refractivity (Wildman–Crippen MR) is 81.1 cm³/mol. The Bertz CT molecular complexity index is 504. The lowest BCUT2D eigenvalue weighted by Crippen LogP contribution is -2.45. The first-order valence-corrected chi connectivity index (χ1v) is 7.71. The number of nitrogens with zero attached hydrogens (tertiary/aromatic N) is 3. The summed E-state index contributed by atoms with van der Waals surface area (Å²) in [6.07, 6.45) is 4.03. The Balaban J connectivity index is 2.01. The van der Waals surface area contributed by atoms with Crippen LogP contribution in [0.25, 0.3) is 0 Å². The largest absolute Gasteiger partial charge is 0.339 e. The van der Waals surface area contributed by atoms with Crippen LogP contribution in [0.1, 0.15) is 36.5 Å². The summed E-state index contributed by atoms with van der Waals surface area (Å²) >= 11 is 5.90. The van der Waals surface area contributed by atoms with Gasteiger partial charge in [0.2, 0.25) is 0 Å². The maximum atomic E-state index is 13.3. The first kappa shape index (κ1) is 16.2. The number of piperidine rings is 1. The van der Waals surface area contributed by atoms with Gasteiger partial charge in [0.25, 0.3) is 5.91 Å². The monoisotopic (exact) mass is 313 g/mol. The van der Waals surface area contributed by atoms with Crippen LogP contribution in [-0.4, -0.2) is 53.4 Å². The van der Waals surface area contributed by atoms with Gasteiger partial charge in [-0.05, 0) is 31.9 Å². The minimum Gasteiger partial charge on any atom is -0.339 e. The topological polar surface area (TPSA) is 36.4 Å². The van der Waals surface area contributed by atoms with Crippen LogP contribution in [0.15, 0.2) is 12.3 Å². The molecule has 2 heterocycles. The summed E-state index contributed by atoms with van der Waals surface area (Å²) in [7, 11) is 1.75. The zero-order valence-corrected chi connectivity index (χ0v) is 13.2. The van der Waals surface area contributed by atoms with Crippen molar-refractivity contribution in [1.29, 1.82) is 0 Å². The molecule has 0 radical (unpaired) electrons. The summed E-state index contributed by atoms with van der Waals surface area (Å²) in [5.41, 5.74) is 0.134. The average Bonchev–Trinajstić information content (AvgIpc) is 2.49. The Morgan fingerprint density at radius 1 is 1.52 bits per heavy atom. The molecule has 0 spiro atoms. The third-order valence-electron chi connectivity index (χ3n) is 4.00. The van der Waals surface area contributed by atoms with Gasteiger partial charge in [0.15, 0.2) is 0 Å². The maximum Gasteiger partial charge on any atom is 0.257 e. The van der Waals surface area contributed by atoms with Crippen LogP contribution < -0.4 is 0 Å². The van der Waals surface area contributed by atoms with Crippen LogP contribution in [0, 0.1) is 5.82 Å². The normalized spacial score (nSPS) is 17.0. The molecule has 1 aliphatic heterocycles. The van der Waals surface area contributed by atoms with Crippen molar-refractivity contribution in [3.8, 4) is 0 Å². The quantitative estimate of drug-likeness (QED) is 0.802. The van der Waals surface area contributed by atoms with Crippen molar-refractivity contribution in [2.24, 2.45) is 0 Å².